The summed E-state index contributed by atoms with van der Waals surface area (Å²) in [5.41, 5.74) is 0. The van der Waals surface area contributed by atoms with Crippen molar-refractivity contribution in [2.24, 2.45) is 0 Å². The Morgan fingerprint density at radius 2 is 2.25 bits per heavy atom. The Kier molecular flexibility index (Phi) is 2.92. The van der Waals surface area contributed by atoms with E-state index < -0.39 is 0 Å². The molecule has 0 amide bonds. The second-order valence-electron chi connectivity index (χ2n) is 2.09. The lowest BCUT2D eigenvalue weighted by Gasteiger charge is -1.89. The summed E-state index contributed by atoms with van der Waals surface area (Å²) in [5, 5.41) is 0. The maximum Gasteiger partial charge on any atom is 0.336 e. The van der Waals surface area contributed by atoms with E-state index in [9.17, 15) is 4.79 Å². The van der Waals surface area contributed by atoms with Crippen LogP contribution in [0, 0.1) is 11.8 Å². The largest absolute Gasteiger partial charge is 0.423 e. The van der Waals surface area contributed by atoms with E-state index >= 15 is 0 Å². The molecule has 0 saturated carbocycles. The Morgan fingerprint density at radius 3 is 2.83 bits per heavy atom. The molecule has 1 aliphatic rings. The van der Waals surface area contributed by atoms with Gasteiger partial charge >= 0.3 is 5.97 Å². The Hall–Kier alpha value is -1.75. The number of rotatable bonds is 0. The fourth-order valence-electron chi connectivity index (χ4n) is 0.656. The third-order valence-corrected chi connectivity index (χ3v) is 1.15. The van der Waals surface area contributed by atoms with Crippen LogP contribution in [0.1, 0.15) is 6.92 Å². The highest BCUT2D eigenvalue weighted by molar-refractivity contribution is 5.86. The number of esters is 1. The molecule has 1 heterocycles. The van der Waals surface area contributed by atoms with Gasteiger partial charge in [0, 0.05) is 12.2 Å². The highest BCUT2D eigenvalue weighted by Gasteiger charge is 2.07. The minimum atomic E-state index is -0.339. The molecule has 0 bridgehead atoms. The Labute approximate surface area is 71.2 Å². The van der Waals surface area contributed by atoms with Crippen LogP contribution in [0.25, 0.3) is 0 Å². The number of carbonyl (C=O) groups excluding carboxylic acids is 1. The number of cyclic esters (lactones) is 1. The highest BCUT2D eigenvalue weighted by atomic mass is 16.5. The summed E-state index contributed by atoms with van der Waals surface area (Å²) >= 11 is 0. The zero-order valence-corrected chi connectivity index (χ0v) is 6.70. The van der Waals surface area contributed by atoms with Gasteiger partial charge in [-0.3, -0.25) is 0 Å². The molecular weight excluding hydrogens is 152 g/mol. The molecule has 0 radical (unpaired) electrons. The summed E-state index contributed by atoms with van der Waals surface area (Å²) in [7, 11) is 0. The summed E-state index contributed by atoms with van der Waals surface area (Å²) in [4.78, 5) is 10.5. The second-order valence-corrected chi connectivity index (χ2v) is 2.09. The number of ether oxygens (including phenoxy) is 1. The molecule has 12 heavy (non-hydrogen) atoms. The van der Waals surface area contributed by atoms with Gasteiger partial charge in [-0.2, -0.15) is 0 Å². The quantitative estimate of drug-likeness (QED) is 0.397. The van der Waals surface area contributed by atoms with Crippen LogP contribution in [0.2, 0.25) is 0 Å². The minimum absolute atomic E-state index is 0.339. The summed E-state index contributed by atoms with van der Waals surface area (Å²) < 4.78 is 4.73. The van der Waals surface area contributed by atoms with Crippen LogP contribution >= 0.6 is 0 Å². The first-order chi connectivity index (χ1) is 5.83. The van der Waals surface area contributed by atoms with Gasteiger partial charge in [-0.15, -0.1) is 0 Å². The van der Waals surface area contributed by atoms with Crippen molar-refractivity contribution in [1.29, 1.82) is 0 Å². The lowest BCUT2D eigenvalue weighted by Crippen LogP contribution is -1.89. The Balaban J connectivity index is 2.56. The smallest absolute Gasteiger partial charge is 0.336 e. The van der Waals surface area contributed by atoms with E-state index in [4.69, 9.17) is 4.74 Å². The zero-order chi connectivity index (χ0) is 8.81. The average molecular weight is 160 g/mol. The van der Waals surface area contributed by atoms with Gasteiger partial charge in [0.05, 0.1) is 0 Å². The summed E-state index contributed by atoms with van der Waals surface area (Å²) in [6.45, 7) is 1.89. The van der Waals surface area contributed by atoms with E-state index in [1.807, 2.05) is 13.0 Å². The molecule has 0 fully saturated rings. The van der Waals surface area contributed by atoms with Gasteiger partial charge in [-0.25, -0.2) is 4.79 Å². The normalized spacial score (nSPS) is 18.1. The molecule has 1 rings (SSSR count). The lowest BCUT2D eigenvalue weighted by atomic mass is 10.4. The van der Waals surface area contributed by atoms with E-state index in [0.29, 0.717) is 5.76 Å². The van der Waals surface area contributed by atoms with Crippen LogP contribution in [0.5, 0.6) is 0 Å². The maximum absolute atomic E-state index is 10.5. The zero-order valence-electron chi connectivity index (χ0n) is 6.70. The monoisotopic (exact) mass is 160 g/mol. The maximum atomic E-state index is 10.5. The molecule has 0 spiro atoms. The van der Waals surface area contributed by atoms with Crippen molar-refractivity contribution in [2.75, 3.05) is 0 Å². The Morgan fingerprint density at radius 1 is 1.42 bits per heavy atom. The van der Waals surface area contributed by atoms with Gasteiger partial charge in [0.25, 0.3) is 0 Å². The van der Waals surface area contributed by atoms with E-state index in [-0.39, 0.29) is 5.97 Å². The second kappa shape index (κ2) is 4.20. The third-order valence-electron chi connectivity index (χ3n) is 1.15. The Bertz CT molecular complexity index is 321. The van der Waals surface area contributed by atoms with Gasteiger partial charge < -0.3 is 4.74 Å². The van der Waals surface area contributed by atoms with Crippen molar-refractivity contribution < 1.29 is 9.53 Å². The van der Waals surface area contributed by atoms with Crippen LogP contribution in [0.15, 0.2) is 36.1 Å². The van der Waals surface area contributed by atoms with Crippen molar-refractivity contribution in [2.45, 2.75) is 6.92 Å². The predicted octanol–water partition coefficient (Wildman–Crippen LogP) is 1.56. The predicted molar refractivity (Wildman–Crippen MR) is 45.9 cm³/mol. The van der Waals surface area contributed by atoms with E-state index in [1.165, 1.54) is 6.08 Å². The summed E-state index contributed by atoms with van der Waals surface area (Å²) in [6, 6.07) is 0. The molecule has 0 aliphatic carbocycles. The molecule has 1 aliphatic heterocycles. The molecule has 0 aromatic heterocycles. The third kappa shape index (κ3) is 2.47. The van der Waals surface area contributed by atoms with E-state index in [1.54, 1.807) is 18.2 Å². The molecule has 0 N–H and O–H groups in total. The first-order valence-electron chi connectivity index (χ1n) is 3.55. The van der Waals surface area contributed by atoms with Crippen LogP contribution < -0.4 is 0 Å². The molecule has 0 aromatic rings. The van der Waals surface area contributed by atoms with Gasteiger partial charge in [0.15, 0.2) is 0 Å². The average Bonchev–Trinajstić information content (AvgIpc) is 2.45. The van der Waals surface area contributed by atoms with Crippen LogP contribution in [-0.2, 0) is 9.53 Å². The molecule has 2 nitrogen and oxygen atoms in total. The van der Waals surface area contributed by atoms with Crippen molar-refractivity contribution in [1.82, 2.24) is 0 Å². The topological polar surface area (TPSA) is 26.3 Å². The van der Waals surface area contributed by atoms with Crippen LogP contribution in [0.3, 0.4) is 0 Å². The minimum Gasteiger partial charge on any atom is -0.423 e. The van der Waals surface area contributed by atoms with Crippen molar-refractivity contribution in [3.05, 3.63) is 36.1 Å². The summed E-state index contributed by atoms with van der Waals surface area (Å²) in [5.74, 6) is 5.62. The lowest BCUT2D eigenvalue weighted by molar-refractivity contribution is -0.132. The molecular formula is C10H8O2. The molecule has 0 aromatic carbocycles. The molecule has 2 heteroatoms. The van der Waals surface area contributed by atoms with Crippen molar-refractivity contribution in [3.63, 3.8) is 0 Å². The molecule has 60 valence electrons. The number of allylic oxidation sites excluding steroid dienone is 4. The van der Waals surface area contributed by atoms with E-state index in [0.717, 1.165) is 0 Å². The number of hydrogen-bond donors (Lipinski definition) is 0. The fraction of sp³-hybridized carbons (Fsp3) is 0.100. The first-order valence-corrected chi connectivity index (χ1v) is 3.55. The van der Waals surface area contributed by atoms with Gasteiger partial charge in [0.2, 0.25) is 0 Å². The molecule has 0 atom stereocenters. The van der Waals surface area contributed by atoms with E-state index in [2.05, 4.69) is 11.8 Å². The first kappa shape index (κ1) is 8.35. The van der Waals surface area contributed by atoms with Crippen LogP contribution in [-0.4, -0.2) is 5.97 Å². The van der Waals surface area contributed by atoms with Gasteiger partial charge in [0.1, 0.15) is 5.76 Å². The summed E-state index contributed by atoms with van der Waals surface area (Å²) in [6.07, 6.45) is 8.07. The van der Waals surface area contributed by atoms with Crippen molar-refractivity contribution >= 4 is 5.97 Å². The number of carbonyl (C=O) groups is 1. The SMILES string of the molecule is C/C=C/C#C/C=C1\C=CC(=O)O1. The fourth-order valence-corrected chi connectivity index (χ4v) is 0.656. The highest BCUT2D eigenvalue weighted by Crippen LogP contribution is 2.07. The van der Waals surface area contributed by atoms with Crippen LogP contribution in [0.4, 0.5) is 0 Å². The number of hydrogen-bond acceptors (Lipinski definition) is 2. The molecule has 0 saturated heterocycles. The standard InChI is InChI=1S/C10H8O2/c1-2-3-4-5-6-9-7-8-10(11)12-9/h2-3,6-8H,1H3/b3-2+,9-6+. The van der Waals surface area contributed by atoms with Crippen molar-refractivity contribution in [3.8, 4) is 11.8 Å². The van der Waals surface area contributed by atoms with Gasteiger partial charge in [-0.05, 0) is 19.1 Å². The van der Waals surface area contributed by atoms with Gasteiger partial charge in [-0.1, -0.05) is 17.9 Å². The molecule has 0 unspecified atom stereocenters.